The van der Waals surface area contributed by atoms with Gasteiger partial charge in [-0.15, -0.1) is 0 Å². The average Bonchev–Trinajstić information content (AvgIpc) is 3.40. The van der Waals surface area contributed by atoms with E-state index >= 15 is 0 Å². The van der Waals surface area contributed by atoms with Crippen LogP contribution in [0.2, 0.25) is 0 Å². The van der Waals surface area contributed by atoms with Crippen molar-refractivity contribution >= 4 is 5.97 Å². The highest BCUT2D eigenvalue weighted by Crippen LogP contribution is 2.35. The minimum Gasteiger partial charge on any atom is -0.488 e. The maximum atomic E-state index is 13.7. The Kier molecular flexibility index (Phi) is 7.18. The lowest BCUT2D eigenvalue weighted by atomic mass is 9.84. The molecule has 5 rings (SSSR count). The molecule has 2 aromatic carbocycles. The molecule has 1 aliphatic rings. The number of carboxylic acid groups (broad SMARTS) is 1. The molecule has 0 radical (unpaired) electrons. The average molecular weight is 522 g/mol. The van der Waals surface area contributed by atoms with E-state index in [0.29, 0.717) is 40.4 Å². The normalized spacial score (nSPS) is 14.4. The van der Waals surface area contributed by atoms with E-state index in [1.165, 1.54) is 43.7 Å². The number of benzene rings is 2. The van der Waals surface area contributed by atoms with Crippen LogP contribution in [-0.2, 0) is 12.8 Å². The first kappa shape index (κ1) is 25.5. The number of nitrogens with zero attached hydrogens (tertiary/aromatic N) is 3. The highest BCUT2D eigenvalue weighted by Gasteiger charge is 2.41. The fourth-order valence-electron chi connectivity index (χ4n) is 4.93. The van der Waals surface area contributed by atoms with Gasteiger partial charge in [-0.25, -0.2) is 14.5 Å². The molecule has 0 aliphatic heterocycles. The lowest BCUT2D eigenvalue weighted by molar-refractivity contribution is -0.143. The smallest absolute Gasteiger partial charge is 0.434 e. The van der Waals surface area contributed by atoms with Crippen molar-refractivity contribution in [2.75, 3.05) is 0 Å². The first-order valence-electron chi connectivity index (χ1n) is 12.5. The van der Waals surface area contributed by atoms with Gasteiger partial charge in [0.25, 0.3) is 0 Å². The Balaban J connectivity index is 1.39. The fraction of sp³-hybridized carbons (Fsp3) is 0.276. The number of carboxylic acids is 1. The van der Waals surface area contributed by atoms with Crippen LogP contribution in [0.1, 0.15) is 65.2 Å². The van der Waals surface area contributed by atoms with Crippen LogP contribution in [0.25, 0.3) is 17.1 Å². The van der Waals surface area contributed by atoms with Crippen molar-refractivity contribution < 1.29 is 27.8 Å². The van der Waals surface area contributed by atoms with E-state index in [0.717, 1.165) is 5.56 Å². The van der Waals surface area contributed by atoms with Gasteiger partial charge in [0.05, 0.1) is 11.9 Å². The summed E-state index contributed by atoms with van der Waals surface area (Å²) in [5, 5.41) is 12.9. The Morgan fingerprint density at radius 1 is 0.974 bits per heavy atom. The number of aromatic carboxylic acids is 1. The van der Waals surface area contributed by atoms with E-state index in [1.54, 1.807) is 30.3 Å². The first-order chi connectivity index (χ1) is 18.3. The zero-order valence-corrected chi connectivity index (χ0v) is 20.5. The number of rotatable bonds is 7. The van der Waals surface area contributed by atoms with Crippen molar-refractivity contribution in [3.8, 4) is 22.8 Å². The van der Waals surface area contributed by atoms with E-state index in [1.807, 2.05) is 6.07 Å². The van der Waals surface area contributed by atoms with E-state index < -0.39 is 23.4 Å². The summed E-state index contributed by atoms with van der Waals surface area (Å²) >= 11 is 0. The van der Waals surface area contributed by atoms with Crippen molar-refractivity contribution in [2.24, 2.45) is 0 Å². The van der Waals surface area contributed by atoms with E-state index in [2.05, 4.69) is 34.3 Å². The molecule has 0 atom stereocenters. The molecule has 0 amide bonds. The van der Waals surface area contributed by atoms with E-state index in [4.69, 9.17) is 4.74 Å². The summed E-state index contributed by atoms with van der Waals surface area (Å²) in [6.07, 6.45) is 2.08. The number of pyridine rings is 1. The van der Waals surface area contributed by atoms with Gasteiger partial charge in [0.2, 0.25) is 0 Å². The molecule has 1 N–H and O–H groups in total. The minimum absolute atomic E-state index is 0.157. The molecule has 0 spiro atoms. The van der Waals surface area contributed by atoms with Crippen LogP contribution in [0, 0.1) is 0 Å². The molecule has 1 aliphatic carbocycles. The Morgan fingerprint density at radius 3 is 2.42 bits per heavy atom. The predicted molar refractivity (Wildman–Crippen MR) is 135 cm³/mol. The second-order valence-electron chi connectivity index (χ2n) is 9.36. The van der Waals surface area contributed by atoms with Crippen LogP contribution in [0.15, 0.2) is 72.9 Å². The number of aromatic nitrogens is 3. The van der Waals surface area contributed by atoms with Crippen LogP contribution in [-0.4, -0.2) is 25.8 Å². The summed E-state index contributed by atoms with van der Waals surface area (Å²) in [5.41, 5.74) is 0.990. The van der Waals surface area contributed by atoms with Gasteiger partial charge < -0.3 is 9.84 Å². The van der Waals surface area contributed by atoms with Gasteiger partial charge in [-0.1, -0.05) is 61.7 Å². The van der Waals surface area contributed by atoms with Crippen LogP contribution in [0.5, 0.6) is 5.75 Å². The first-order valence-corrected chi connectivity index (χ1v) is 12.5. The summed E-state index contributed by atoms with van der Waals surface area (Å²) in [7, 11) is 0. The van der Waals surface area contributed by atoms with Crippen molar-refractivity contribution in [3.63, 3.8) is 0 Å². The van der Waals surface area contributed by atoms with Crippen molar-refractivity contribution in [1.82, 2.24) is 14.8 Å². The third kappa shape index (κ3) is 5.41. The molecule has 4 aromatic rings. The van der Waals surface area contributed by atoms with Crippen LogP contribution in [0.3, 0.4) is 0 Å². The summed E-state index contributed by atoms with van der Waals surface area (Å²) in [5.74, 6) is -0.728. The van der Waals surface area contributed by atoms with Crippen LogP contribution >= 0.6 is 0 Å². The van der Waals surface area contributed by atoms with Gasteiger partial charge in [-0.3, -0.25) is 0 Å². The summed E-state index contributed by atoms with van der Waals surface area (Å²) in [6, 6.07) is 20.1. The SMILES string of the molecule is O=C(O)c1cnn(-c2cccc(-c3ccccc3OCc3ccc(C4CCCCC4)cc3)n2)c1C(F)(F)F. The summed E-state index contributed by atoms with van der Waals surface area (Å²) < 4.78 is 47.7. The van der Waals surface area contributed by atoms with Gasteiger partial charge in [-0.05, 0) is 54.2 Å². The van der Waals surface area contributed by atoms with Crippen LogP contribution in [0.4, 0.5) is 13.2 Å². The maximum absolute atomic E-state index is 13.7. The standard InChI is InChI=1S/C29H26F3N3O3/c30-29(31,32)27-23(28(36)37)17-33-35(27)26-12-6-10-24(34-26)22-9-4-5-11-25(22)38-18-19-13-15-21(16-14-19)20-7-2-1-3-8-20/h4-6,9-17,20H,1-3,7-8,18H2,(H,36,37). The zero-order chi connectivity index (χ0) is 26.7. The highest BCUT2D eigenvalue weighted by molar-refractivity contribution is 5.89. The van der Waals surface area contributed by atoms with E-state index in [-0.39, 0.29) is 5.82 Å². The maximum Gasteiger partial charge on any atom is 0.434 e. The predicted octanol–water partition coefficient (Wildman–Crippen LogP) is 7.28. The molecular weight excluding hydrogens is 495 g/mol. The Labute approximate surface area is 217 Å². The molecule has 2 heterocycles. The Bertz CT molecular complexity index is 1430. The molecule has 196 valence electrons. The molecule has 1 fully saturated rings. The van der Waals surface area contributed by atoms with Gasteiger partial charge in [0.15, 0.2) is 11.5 Å². The number of hydrogen-bond acceptors (Lipinski definition) is 4. The number of halogens is 3. The fourth-order valence-corrected chi connectivity index (χ4v) is 4.93. The molecular formula is C29H26F3N3O3. The van der Waals surface area contributed by atoms with Crippen molar-refractivity contribution in [1.29, 1.82) is 0 Å². The Morgan fingerprint density at radius 2 is 1.71 bits per heavy atom. The van der Waals surface area contributed by atoms with Gasteiger partial charge in [-0.2, -0.15) is 18.3 Å². The third-order valence-electron chi connectivity index (χ3n) is 6.83. The van der Waals surface area contributed by atoms with Crippen molar-refractivity contribution in [3.05, 3.63) is 95.3 Å². The summed E-state index contributed by atoms with van der Waals surface area (Å²) in [6.45, 7) is 0.320. The zero-order valence-electron chi connectivity index (χ0n) is 20.5. The summed E-state index contributed by atoms with van der Waals surface area (Å²) in [4.78, 5) is 15.7. The molecule has 0 unspecified atom stereocenters. The van der Waals surface area contributed by atoms with Crippen molar-refractivity contribution in [2.45, 2.75) is 50.8 Å². The van der Waals surface area contributed by atoms with E-state index in [9.17, 15) is 23.1 Å². The second kappa shape index (κ2) is 10.7. The number of para-hydroxylation sites is 1. The number of carbonyl (C=O) groups is 1. The molecule has 0 bridgehead atoms. The van der Waals surface area contributed by atoms with Gasteiger partial charge in [0, 0.05) is 5.56 Å². The molecule has 2 aromatic heterocycles. The molecule has 6 nitrogen and oxygen atoms in total. The lowest BCUT2D eigenvalue weighted by Crippen LogP contribution is -2.18. The quantitative estimate of drug-likeness (QED) is 0.277. The number of alkyl halides is 3. The third-order valence-corrected chi connectivity index (χ3v) is 6.83. The highest BCUT2D eigenvalue weighted by atomic mass is 19.4. The molecule has 38 heavy (non-hydrogen) atoms. The van der Waals surface area contributed by atoms with Gasteiger partial charge in [0.1, 0.15) is 17.9 Å². The second-order valence-corrected chi connectivity index (χ2v) is 9.36. The van der Waals surface area contributed by atoms with Gasteiger partial charge >= 0.3 is 12.1 Å². The molecule has 0 saturated heterocycles. The number of hydrogen-bond donors (Lipinski definition) is 1. The molecule has 1 saturated carbocycles. The largest absolute Gasteiger partial charge is 0.488 e. The monoisotopic (exact) mass is 521 g/mol. The Hall–Kier alpha value is -4.14. The minimum atomic E-state index is -4.94. The topological polar surface area (TPSA) is 77.2 Å². The molecule has 9 heteroatoms. The number of ether oxygens (including phenoxy) is 1. The van der Waals surface area contributed by atoms with Crippen LogP contribution < -0.4 is 4.74 Å². The lowest BCUT2D eigenvalue weighted by Gasteiger charge is -2.22.